The van der Waals surface area contributed by atoms with Crippen molar-refractivity contribution in [2.45, 2.75) is 26.2 Å². The van der Waals surface area contributed by atoms with Gasteiger partial charge in [0.15, 0.2) is 0 Å². The van der Waals surface area contributed by atoms with Crippen molar-refractivity contribution < 1.29 is 4.79 Å². The maximum Gasteiger partial charge on any atom is 0.231 e. The molecule has 1 aliphatic heterocycles. The minimum absolute atomic E-state index is 0.175. The lowest BCUT2D eigenvalue weighted by Gasteiger charge is -2.24. The minimum atomic E-state index is -0.194. The second-order valence-electron chi connectivity index (χ2n) is 5.87. The van der Waals surface area contributed by atoms with E-state index in [1.807, 2.05) is 35.2 Å². The standard InChI is InChI=1S/C15H22N2O/c1-15(2)8-9-17(11-15)14(18)13(10-16)12-6-4-3-5-7-12/h3-7,13H,8-11,16H2,1-2H3. The Balaban J connectivity index is 2.12. The van der Waals surface area contributed by atoms with E-state index in [1.54, 1.807) is 0 Å². The molecule has 2 rings (SSSR count). The lowest BCUT2D eigenvalue weighted by Crippen LogP contribution is -2.37. The molecule has 1 unspecified atom stereocenters. The van der Waals surface area contributed by atoms with Gasteiger partial charge < -0.3 is 10.6 Å². The van der Waals surface area contributed by atoms with Crippen LogP contribution in [0, 0.1) is 5.41 Å². The highest BCUT2D eigenvalue weighted by Crippen LogP contribution is 2.31. The zero-order valence-electron chi connectivity index (χ0n) is 11.2. The average Bonchev–Trinajstić information content (AvgIpc) is 2.72. The molecule has 0 bridgehead atoms. The summed E-state index contributed by atoms with van der Waals surface area (Å²) in [6, 6.07) is 9.84. The van der Waals surface area contributed by atoms with Gasteiger partial charge in [-0.15, -0.1) is 0 Å². The summed E-state index contributed by atoms with van der Waals surface area (Å²) in [6.07, 6.45) is 1.07. The van der Waals surface area contributed by atoms with E-state index in [2.05, 4.69) is 13.8 Å². The molecule has 1 aromatic carbocycles. The van der Waals surface area contributed by atoms with Gasteiger partial charge in [-0.3, -0.25) is 4.79 Å². The Morgan fingerprint density at radius 2 is 2.06 bits per heavy atom. The molecule has 1 heterocycles. The van der Waals surface area contributed by atoms with Crippen molar-refractivity contribution in [3.8, 4) is 0 Å². The van der Waals surface area contributed by atoms with Gasteiger partial charge in [-0.2, -0.15) is 0 Å². The SMILES string of the molecule is CC1(C)CCN(C(=O)C(CN)c2ccccc2)C1. The smallest absolute Gasteiger partial charge is 0.231 e. The fourth-order valence-electron chi connectivity index (χ4n) is 2.59. The second-order valence-corrected chi connectivity index (χ2v) is 5.87. The third-order valence-corrected chi connectivity index (χ3v) is 3.72. The quantitative estimate of drug-likeness (QED) is 0.886. The molecule has 1 atom stereocenters. The summed E-state index contributed by atoms with van der Waals surface area (Å²) in [5, 5.41) is 0. The number of likely N-dealkylation sites (tertiary alicyclic amines) is 1. The molecule has 0 saturated carbocycles. The first-order valence-corrected chi connectivity index (χ1v) is 6.57. The number of nitrogens with zero attached hydrogens (tertiary/aromatic N) is 1. The van der Waals surface area contributed by atoms with Gasteiger partial charge in [0.1, 0.15) is 0 Å². The summed E-state index contributed by atoms with van der Waals surface area (Å²) in [5.41, 5.74) is 7.06. The summed E-state index contributed by atoms with van der Waals surface area (Å²) in [4.78, 5) is 14.5. The van der Waals surface area contributed by atoms with Gasteiger partial charge in [0.25, 0.3) is 0 Å². The summed E-state index contributed by atoms with van der Waals surface area (Å²) >= 11 is 0. The molecule has 0 aliphatic carbocycles. The van der Waals surface area contributed by atoms with E-state index < -0.39 is 0 Å². The van der Waals surface area contributed by atoms with Crippen molar-refractivity contribution in [2.75, 3.05) is 19.6 Å². The Hall–Kier alpha value is -1.35. The van der Waals surface area contributed by atoms with Crippen molar-refractivity contribution >= 4 is 5.91 Å². The maximum absolute atomic E-state index is 12.5. The number of nitrogens with two attached hydrogens (primary N) is 1. The highest BCUT2D eigenvalue weighted by atomic mass is 16.2. The molecule has 1 saturated heterocycles. The molecule has 1 amide bonds. The first-order chi connectivity index (χ1) is 8.53. The molecule has 2 N–H and O–H groups in total. The summed E-state index contributed by atoms with van der Waals surface area (Å²) < 4.78 is 0. The summed E-state index contributed by atoms with van der Waals surface area (Å²) in [7, 11) is 0. The monoisotopic (exact) mass is 246 g/mol. The molecule has 18 heavy (non-hydrogen) atoms. The predicted molar refractivity (Wildman–Crippen MR) is 73.2 cm³/mol. The number of carbonyl (C=O) groups excluding carboxylic acids is 1. The van der Waals surface area contributed by atoms with Gasteiger partial charge in [-0.1, -0.05) is 44.2 Å². The Bertz CT molecular complexity index is 414. The van der Waals surface area contributed by atoms with Gasteiger partial charge in [0.05, 0.1) is 5.92 Å². The third kappa shape index (κ3) is 2.72. The van der Waals surface area contributed by atoms with E-state index in [9.17, 15) is 4.79 Å². The average molecular weight is 246 g/mol. The van der Waals surface area contributed by atoms with Gasteiger partial charge in [-0.05, 0) is 17.4 Å². The molecule has 1 aromatic rings. The van der Waals surface area contributed by atoms with Gasteiger partial charge in [0.2, 0.25) is 5.91 Å². The number of benzene rings is 1. The molecule has 0 radical (unpaired) electrons. The fraction of sp³-hybridized carbons (Fsp3) is 0.533. The van der Waals surface area contributed by atoms with E-state index in [-0.39, 0.29) is 17.2 Å². The minimum Gasteiger partial charge on any atom is -0.342 e. The van der Waals surface area contributed by atoms with Crippen LogP contribution in [0.25, 0.3) is 0 Å². The van der Waals surface area contributed by atoms with Crippen LogP contribution in [0.1, 0.15) is 31.7 Å². The van der Waals surface area contributed by atoms with E-state index in [4.69, 9.17) is 5.73 Å². The number of amides is 1. The van der Waals surface area contributed by atoms with E-state index in [0.29, 0.717) is 6.54 Å². The lowest BCUT2D eigenvalue weighted by atomic mass is 9.93. The molecule has 3 nitrogen and oxygen atoms in total. The number of carbonyl (C=O) groups is 1. The van der Waals surface area contributed by atoms with Gasteiger partial charge in [0, 0.05) is 19.6 Å². The summed E-state index contributed by atoms with van der Waals surface area (Å²) in [5.74, 6) is -0.0191. The highest BCUT2D eigenvalue weighted by Gasteiger charge is 2.34. The third-order valence-electron chi connectivity index (χ3n) is 3.72. The fourth-order valence-corrected chi connectivity index (χ4v) is 2.59. The first-order valence-electron chi connectivity index (χ1n) is 6.57. The van der Waals surface area contributed by atoms with Crippen LogP contribution < -0.4 is 5.73 Å². The molecule has 0 aromatic heterocycles. The topological polar surface area (TPSA) is 46.3 Å². The van der Waals surface area contributed by atoms with Crippen LogP contribution in [-0.4, -0.2) is 30.4 Å². The Labute approximate surface area is 109 Å². The van der Waals surface area contributed by atoms with E-state index >= 15 is 0 Å². The Kier molecular flexibility index (Phi) is 3.71. The molecule has 98 valence electrons. The predicted octanol–water partition coefficient (Wildman–Crippen LogP) is 1.99. The van der Waals surface area contributed by atoms with Crippen molar-refractivity contribution in [1.29, 1.82) is 0 Å². The molecule has 1 fully saturated rings. The van der Waals surface area contributed by atoms with Crippen LogP contribution in [0.15, 0.2) is 30.3 Å². The second kappa shape index (κ2) is 5.11. The Morgan fingerprint density at radius 1 is 1.39 bits per heavy atom. The van der Waals surface area contributed by atoms with Gasteiger partial charge >= 0.3 is 0 Å². The van der Waals surface area contributed by atoms with Crippen molar-refractivity contribution in [3.63, 3.8) is 0 Å². The largest absolute Gasteiger partial charge is 0.342 e. The highest BCUT2D eigenvalue weighted by molar-refractivity contribution is 5.84. The zero-order chi connectivity index (χ0) is 13.2. The molecule has 1 aliphatic rings. The normalized spacial score (nSPS) is 19.8. The van der Waals surface area contributed by atoms with Crippen molar-refractivity contribution in [1.82, 2.24) is 4.90 Å². The molecule has 0 spiro atoms. The van der Waals surface area contributed by atoms with Crippen LogP contribution in [0.2, 0.25) is 0 Å². The Morgan fingerprint density at radius 3 is 2.56 bits per heavy atom. The maximum atomic E-state index is 12.5. The van der Waals surface area contributed by atoms with Crippen LogP contribution in [0.5, 0.6) is 0 Å². The number of hydrogen-bond acceptors (Lipinski definition) is 2. The van der Waals surface area contributed by atoms with Crippen molar-refractivity contribution in [3.05, 3.63) is 35.9 Å². The number of rotatable bonds is 3. The van der Waals surface area contributed by atoms with Crippen LogP contribution in [0.4, 0.5) is 0 Å². The first kappa shape index (κ1) is 13.1. The van der Waals surface area contributed by atoms with Crippen LogP contribution >= 0.6 is 0 Å². The zero-order valence-corrected chi connectivity index (χ0v) is 11.2. The lowest BCUT2D eigenvalue weighted by molar-refractivity contribution is -0.131. The molecule has 3 heteroatoms. The van der Waals surface area contributed by atoms with E-state index in [1.165, 1.54) is 0 Å². The van der Waals surface area contributed by atoms with Gasteiger partial charge in [-0.25, -0.2) is 0 Å². The number of hydrogen-bond donors (Lipinski definition) is 1. The molecular weight excluding hydrogens is 224 g/mol. The van der Waals surface area contributed by atoms with E-state index in [0.717, 1.165) is 25.1 Å². The van der Waals surface area contributed by atoms with Crippen LogP contribution in [-0.2, 0) is 4.79 Å². The summed E-state index contributed by atoms with van der Waals surface area (Å²) in [6.45, 7) is 6.49. The molecular formula is C15H22N2O. The van der Waals surface area contributed by atoms with Crippen molar-refractivity contribution in [2.24, 2.45) is 11.1 Å². The van der Waals surface area contributed by atoms with Crippen LogP contribution in [0.3, 0.4) is 0 Å².